The summed E-state index contributed by atoms with van der Waals surface area (Å²) in [5.74, 6) is 0.234. The zero-order chi connectivity index (χ0) is 12.4. The Labute approximate surface area is 99.0 Å². The predicted octanol–water partition coefficient (Wildman–Crippen LogP) is 2.62. The monoisotopic (exact) mass is 238 g/mol. The quantitative estimate of drug-likeness (QED) is 0.633. The number of nitro groups is 1. The van der Waals surface area contributed by atoms with Crippen LogP contribution >= 0.6 is 0 Å². The maximum Gasteiger partial charge on any atom is 0.274 e. The largest absolute Gasteiger partial charge is 0.309 e. The number of benzene rings is 1. The molecule has 5 heteroatoms. The maximum atomic E-state index is 13.0. The van der Waals surface area contributed by atoms with Gasteiger partial charge < -0.3 is 5.32 Å². The lowest BCUT2D eigenvalue weighted by Crippen LogP contribution is -2.18. The van der Waals surface area contributed by atoms with Crippen LogP contribution in [0.1, 0.15) is 25.3 Å². The number of rotatable bonds is 5. The summed E-state index contributed by atoms with van der Waals surface area (Å²) in [6, 6.07) is 4.00. The third-order valence-corrected chi connectivity index (χ3v) is 3.24. The fourth-order valence-corrected chi connectivity index (χ4v) is 2.06. The maximum absolute atomic E-state index is 13.0. The second kappa shape index (κ2) is 4.79. The Morgan fingerprint density at radius 1 is 1.59 bits per heavy atom. The highest BCUT2D eigenvalue weighted by Crippen LogP contribution is 2.33. The Hall–Kier alpha value is -1.49. The summed E-state index contributed by atoms with van der Waals surface area (Å²) in [6.07, 6.45) is 2.22. The molecule has 2 unspecified atom stereocenters. The Bertz CT molecular complexity index is 437. The first-order chi connectivity index (χ1) is 8.11. The lowest BCUT2D eigenvalue weighted by atomic mass is 10.1. The summed E-state index contributed by atoms with van der Waals surface area (Å²) in [4.78, 5) is 10.3. The van der Waals surface area contributed by atoms with Crippen molar-refractivity contribution in [1.82, 2.24) is 5.32 Å². The molecule has 0 saturated heterocycles. The van der Waals surface area contributed by atoms with E-state index in [1.807, 2.05) is 0 Å². The second-order valence-corrected chi connectivity index (χ2v) is 4.42. The van der Waals surface area contributed by atoms with Crippen LogP contribution in [0.15, 0.2) is 18.2 Å². The van der Waals surface area contributed by atoms with Crippen LogP contribution in [0.3, 0.4) is 0 Å². The number of nitro benzene ring substituents is 1. The molecule has 0 amide bonds. The SMILES string of the molecule is CCC1CC1NCc1cc(F)ccc1[N+](=O)[O-]. The molecular weight excluding hydrogens is 223 g/mol. The summed E-state index contributed by atoms with van der Waals surface area (Å²) in [5, 5.41) is 14.0. The van der Waals surface area contributed by atoms with E-state index in [0.29, 0.717) is 24.1 Å². The summed E-state index contributed by atoms with van der Waals surface area (Å²) < 4.78 is 13.0. The average molecular weight is 238 g/mol. The number of halogens is 1. The van der Waals surface area contributed by atoms with Crippen molar-refractivity contribution >= 4 is 5.69 Å². The molecule has 1 aromatic rings. The van der Waals surface area contributed by atoms with Crippen molar-refractivity contribution in [3.05, 3.63) is 39.7 Å². The van der Waals surface area contributed by atoms with Gasteiger partial charge in [0.1, 0.15) is 5.82 Å². The Morgan fingerprint density at radius 3 is 2.94 bits per heavy atom. The predicted molar refractivity (Wildman–Crippen MR) is 62.1 cm³/mol. The topological polar surface area (TPSA) is 55.2 Å². The van der Waals surface area contributed by atoms with Gasteiger partial charge in [-0.05, 0) is 24.5 Å². The van der Waals surface area contributed by atoms with Gasteiger partial charge in [-0.1, -0.05) is 13.3 Å². The molecule has 0 radical (unpaired) electrons. The molecule has 0 heterocycles. The average Bonchev–Trinajstić information content (AvgIpc) is 3.04. The third kappa shape index (κ3) is 2.79. The van der Waals surface area contributed by atoms with E-state index < -0.39 is 10.7 Å². The highest BCUT2D eigenvalue weighted by molar-refractivity contribution is 5.40. The van der Waals surface area contributed by atoms with Crippen LogP contribution in [-0.4, -0.2) is 11.0 Å². The summed E-state index contributed by atoms with van der Waals surface area (Å²) in [5.41, 5.74) is 0.393. The fourth-order valence-electron chi connectivity index (χ4n) is 2.06. The minimum absolute atomic E-state index is 0.0207. The molecule has 1 N–H and O–H groups in total. The van der Waals surface area contributed by atoms with Gasteiger partial charge in [-0.3, -0.25) is 10.1 Å². The standard InChI is InChI=1S/C12H15FN2O2/c1-2-8-6-11(8)14-7-9-5-10(13)3-4-12(9)15(16)17/h3-5,8,11,14H,2,6-7H2,1H3. The molecular formula is C12H15FN2O2. The van der Waals surface area contributed by atoms with Crippen LogP contribution in [0.5, 0.6) is 0 Å². The smallest absolute Gasteiger partial charge is 0.274 e. The Kier molecular flexibility index (Phi) is 3.38. The van der Waals surface area contributed by atoms with Crippen molar-refractivity contribution in [3.8, 4) is 0 Å². The number of nitrogens with zero attached hydrogens (tertiary/aromatic N) is 1. The van der Waals surface area contributed by atoms with Crippen LogP contribution in [-0.2, 0) is 6.54 Å². The molecule has 1 saturated carbocycles. The van der Waals surface area contributed by atoms with Gasteiger partial charge in [0, 0.05) is 24.2 Å². The molecule has 0 aromatic heterocycles. The van der Waals surface area contributed by atoms with E-state index in [2.05, 4.69) is 12.2 Å². The van der Waals surface area contributed by atoms with E-state index in [4.69, 9.17) is 0 Å². The molecule has 2 atom stereocenters. The summed E-state index contributed by atoms with van der Waals surface area (Å²) in [6.45, 7) is 2.48. The number of hydrogen-bond acceptors (Lipinski definition) is 3. The molecule has 4 nitrogen and oxygen atoms in total. The second-order valence-electron chi connectivity index (χ2n) is 4.42. The Morgan fingerprint density at radius 2 is 2.35 bits per heavy atom. The summed E-state index contributed by atoms with van der Waals surface area (Å²) in [7, 11) is 0. The van der Waals surface area contributed by atoms with Gasteiger partial charge in [0.05, 0.1) is 4.92 Å². The van der Waals surface area contributed by atoms with Crippen molar-refractivity contribution in [2.45, 2.75) is 32.4 Å². The van der Waals surface area contributed by atoms with E-state index >= 15 is 0 Å². The molecule has 2 rings (SSSR count). The van der Waals surface area contributed by atoms with E-state index in [1.54, 1.807) is 0 Å². The molecule has 0 spiro atoms. The lowest BCUT2D eigenvalue weighted by Gasteiger charge is -2.05. The molecule has 0 bridgehead atoms. The number of hydrogen-bond donors (Lipinski definition) is 1. The van der Waals surface area contributed by atoms with Gasteiger partial charge in [-0.15, -0.1) is 0 Å². The molecule has 1 aromatic carbocycles. The van der Waals surface area contributed by atoms with Crippen LogP contribution < -0.4 is 5.32 Å². The van der Waals surface area contributed by atoms with Gasteiger partial charge >= 0.3 is 0 Å². The molecule has 1 aliphatic rings. The first-order valence-corrected chi connectivity index (χ1v) is 5.78. The third-order valence-electron chi connectivity index (χ3n) is 3.24. The van der Waals surface area contributed by atoms with E-state index in [1.165, 1.54) is 12.1 Å². The van der Waals surface area contributed by atoms with Crippen LogP contribution in [0, 0.1) is 21.8 Å². The van der Waals surface area contributed by atoms with Gasteiger partial charge in [0.15, 0.2) is 0 Å². The van der Waals surface area contributed by atoms with Crippen molar-refractivity contribution in [3.63, 3.8) is 0 Å². The van der Waals surface area contributed by atoms with E-state index in [9.17, 15) is 14.5 Å². The van der Waals surface area contributed by atoms with Crippen molar-refractivity contribution < 1.29 is 9.31 Å². The van der Waals surface area contributed by atoms with Crippen molar-refractivity contribution in [1.29, 1.82) is 0 Å². The van der Waals surface area contributed by atoms with Crippen molar-refractivity contribution in [2.75, 3.05) is 0 Å². The van der Waals surface area contributed by atoms with Gasteiger partial charge in [-0.25, -0.2) is 4.39 Å². The summed E-state index contributed by atoms with van der Waals surface area (Å²) >= 11 is 0. The molecule has 1 fully saturated rings. The Balaban J connectivity index is 2.03. The highest BCUT2D eigenvalue weighted by Gasteiger charge is 2.34. The van der Waals surface area contributed by atoms with Crippen LogP contribution in [0.4, 0.5) is 10.1 Å². The lowest BCUT2D eigenvalue weighted by molar-refractivity contribution is -0.385. The first-order valence-electron chi connectivity index (χ1n) is 5.78. The van der Waals surface area contributed by atoms with Gasteiger partial charge in [0.2, 0.25) is 0 Å². The van der Waals surface area contributed by atoms with E-state index in [-0.39, 0.29) is 5.69 Å². The van der Waals surface area contributed by atoms with Crippen LogP contribution in [0.25, 0.3) is 0 Å². The highest BCUT2D eigenvalue weighted by atomic mass is 19.1. The first kappa shape index (κ1) is 12.0. The minimum Gasteiger partial charge on any atom is -0.309 e. The number of nitrogens with one attached hydrogen (secondary N) is 1. The van der Waals surface area contributed by atoms with Gasteiger partial charge in [-0.2, -0.15) is 0 Å². The van der Waals surface area contributed by atoms with Gasteiger partial charge in [0.25, 0.3) is 5.69 Å². The molecule has 0 aliphatic heterocycles. The molecule has 17 heavy (non-hydrogen) atoms. The fraction of sp³-hybridized carbons (Fsp3) is 0.500. The zero-order valence-corrected chi connectivity index (χ0v) is 9.65. The molecule has 1 aliphatic carbocycles. The van der Waals surface area contributed by atoms with Crippen LogP contribution in [0.2, 0.25) is 0 Å². The molecule has 92 valence electrons. The normalized spacial score (nSPS) is 22.5. The minimum atomic E-state index is -0.472. The van der Waals surface area contributed by atoms with Crippen molar-refractivity contribution in [2.24, 2.45) is 5.92 Å². The zero-order valence-electron chi connectivity index (χ0n) is 9.65. The van der Waals surface area contributed by atoms with E-state index in [0.717, 1.165) is 18.9 Å².